The number of benzene rings is 1. The molecule has 1 atom stereocenters. The molecular weight excluding hydrogens is 222 g/mol. The van der Waals surface area contributed by atoms with Crippen LogP contribution in [0.5, 0.6) is 0 Å². The minimum absolute atomic E-state index is 0.0343. The molecule has 0 aliphatic rings. The minimum atomic E-state index is -0.0343. The predicted octanol–water partition coefficient (Wildman–Crippen LogP) is 3.14. The highest BCUT2D eigenvalue weighted by molar-refractivity contribution is 6.30. The first-order valence-electron chi connectivity index (χ1n) is 5.27. The summed E-state index contributed by atoms with van der Waals surface area (Å²) < 4.78 is 0. The number of nitrogens with one attached hydrogen (secondary N) is 1. The van der Waals surface area contributed by atoms with Crippen LogP contribution in [0, 0.1) is 0 Å². The molecule has 0 spiro atoms. The van der Waals surface area contributed by atoms with Gasteiger partial charge in [-0.2, -0.15) is 0 Å². The molecule has 84 valence electrons. The van der Waals surface area contributed by atoms with E-state index in [0.717, 1.165) is 23.5 Å². The molecule has 2 aromatic rings. The van der Waals surface area contributed by atoms with E-state index >= 15 is 0 Å². The predicted molar refractivity (Wildman–Crippen MR) is 66.3 cm³/mol. The highest BCUT2D eigenvalue weighted by Gasteiger charge is 2.08. The van der Waals surface area contributed by atoms with E-state index in [1.54, 1.807) is 6.20 Å². The van der Waals surface area contributed by atoms with Gasteiger partial charge in [0.25, 0.3) is 0 Å². The largest absolute Gasteiger partial charge is 0.341 e. The summed E-state index contributed by atoms with van der Waals surface area (Å²) in [4.78, 5) is 7.48. The van der Waals surface area contributed by atoms with Crippen molar-refractivity contribution >= 4 is 11.6 Å². The summed E-state index contributed by atoms with van der Waals surface area (Å²) in [5.41, 5.74) is 7.86. The maximum Gasteiger partial charge on any atom is 0.123 e. The fourth-order valence-corrected chi connectivity index (χ4v) is 1.71. The van der Waals surface area contributed by atoms with Crippen LogP contribution in [-0.2, 0) is 0 Å². The van der Waals surface area contributed by atoms with Gasteiger partial charge in [0.15, 0.2) is 0 Å². The van der Waals surface area contributed by atoms with Crippen LogP contribution in [0.3, 0.4) is 0 Å². The molecule has 0 saturated heterocycles. The van der Waals surface area contributed by atoms with Gasteiger partial charge in [0.2, 0.25) is 0 Å². The number of aromatic amines is 1. The second-order valence-corrected chi connectivity index (χ2v) is 4.14. The van der Waals surface area contributed by atoms with Crippen LogP contribution in [-0.4, -0.2) is 9.97 Å². The SMILES string of the molecule is CCC(N)c1ncc(-c2cccc(Cl)c2)[nH]1. The Kier molecular flexibility index (Phi) is 3.27. The summed E-state index contributed by atoms with van der Waals surface area (Å²) in [5.74, 6) is 0.817. The highest BCUT2D eigenvalue weighted by Crippen LogP contribution is 2.22. The van der Waals surface area contributed by atoms with Crippen LogP contribution in [0.4, 0.5) is 0 Å². The van der Waals surface area contributed by atoms with Crippen LogP contribution in [0.2, 0.25) is 5.02 Å². The Bertz CT molecular complexity index is 479. The number of nitrogens with two attached hydrogens (primary N) is 1. The van der Waals surface area contributed by atoms with Crippen molar-refractivity contribution in [3.05, 3.63) is 41.3 Å². The Hall–Kier alpha value is -1.32. The zero-order chi connectivity index (χ0) is 11.5. The lowest BCUT2D eigenvalue weighted by Crippen LogP contribution is -2.10. The lowest BCUT2D eigenvalue weighted by molar-refractivity contribution is 0.658. The Morgan fingerprint density at radius 3 is 3.00 bits per heavy atom. The quantitative estimate of drug-likeness (QED) is 0.859. The summed E-state index contributed by atoms with van der Waals surface area (Å²) in [7, 11) is 0. The van der Waals surface area contributed by atoms with Crippen LogP contribution in [0.1, 0.15) is 25.2 Å². The highest BCUT2D eigenvalue weighted by atomic mass is 35.5. The standard InChI is InChI=1S/C12H14ClN3/c1-2-10(14)12-15-7-11(16-12)8-4-3-5-9(13)6-8/h3-7,10H,2,14H2,1H3,(H,15,16). The third-order valence-corrected chi connectivity index (χ3v) is 2.76. The number of halogens is 1. The molecule has 0 bridgehead atoms. The zero-order valence-corrected chi connectivity index (χ0v) is 9.83. The summed E-state index contributed by atoms with van der Waals surface area (Å²) in [6.45, 7) is 2.03. The van der Waals surface area contributed by atoms with E-state index in [-0.39, 0.29) is 6.04 Å². The van der Waals surface area contributed by atoms with Gasteiger partial charge in [-0.1, -0.05) is 30.7 Å². The first-order valence-corrected chi connectivity index (χ1v) is 5.65. The van der Waals surface area contributed by atoms with Gasteiger partial charge in [0.05, 0.1) is 17.9 Å². The van der Waals surface area contributed by atoms with Crippen molar-refractivity contribution in [3.8, 4) is 11.3 Å². The molecule has 1 aromatic carbocycles. The third-order valence-electron chi connectivity index (χ3n) is 2.52. The molecule has 2 rings (SSSR count). The summed E-state index contributed by atoms with van der Waals surface area (Å²) in [6.07, 6.45) is 2.65. The average Bonchev–Trinajstić information content (AvgIpc) is 2.77. The van der Waals surface area contributed by atoms with Gasteiger partial charge < -0.3 is 10.7 Å². The average molecular weight is 236 g/mol. The van der Waals surface area contributed by atoms with E-state index in [2.05, 4.69) is 9.97 Å². The number of nitrogens with zero attached hydrogens (tertiary/aromatic N) is 1. The number of H-pyrrole nitrogens is 1. The summed E-state index contributed by atoms with van der Waals surface area (Å²) in [5, 5.41) is 0.716. The van der Waals surface area contributed by atoms with Crippen LogP contribution >= 0.6 is 11.6 Å². The topological polar surface area (TPSA) is 54.7 Å². The van der Waals surface area contributed by atoms with Gasteiger partial charge >= 0.3 is 0 Å². The first kappa shape index (κ1) is 11.2. The van der Waals surface area contributed by atoms with Crippen molar-refractivity contribution in [2.45, 2.75) is 19.4 Å². The maximum atomic E-state index is 5.93. The fraction of sp³-hybridized carbons (Fsp3) is 0.250. The van der Waals surface area contributed by atoms with Crippen molar-refractivity contribution in [1.82, 2.24) is 9.97 Å². The van der Waals surface area contributed by atoms with Gasteiger partial charge in [-0.05, 0) is 18.6 Å². The molecule has 0 amide bonds. The molecule has 1 aromatic heterocycles. The van der Waals surface area contributed by atoms with Gasteiger partial charge in [0.1, 0.15) is 5.82 Å². The number of hydrogen-bond acceptors (Lipinski definition) is 2. The van der Waals surface area contributed by atoms with Crippen molar-refractivity contribution in [2.24, 2.45) is 5.73 Å². The molecule has 16 heavy (non-hydrogen) atoms. The molecule has 3 N–H and O–H groups in total. The van der Waals surface area contributed by atoms with E-state index < -0.39 is 0 Å². The monoisotopic (exact) mass is 235 g/mol. The molecule has 0 fully saturated rings. The smallest absolute Gasteiger partial charge is 0.123 e. The van der Waals surface area contributed by atoms with E-state index in [1.165, 1.54) is 0 Å². The molecular formula is C12H14ClN3. The van der Waals surface area contributed by atoms with Crippen molar-refractivity contribution in [3.63, 3.8) is 0 Å². The lowest BCUT2D eigenvalue weighted by atomic mass is 10.2. The second-order valence-electron chi connectivity index (χ2n) is 3.71. The van der Waals surface area contributed by atoms with Crippen molar-refractivity contribution in [2.75, 3.05) is 0 Å². The van der Waals surface area contributed by atoms with Crippen LogP contribution in [0.25, 0.3) is 11.3 Å². The molecule has 4 heteroatoms. The Labute approximate surface area is 99.7 Å². The van der Waals surface area contributed by atoms with Gasteiger partial charge in [-0.15, -0.1) is 0 Å². The second kappa shape index (κ2) is 4.68. The lowest BCUT2D eigenvalue weighted by Gasteiger charge is -2.03. The maximum absolute atomic E-state index is 5.93. The molecule has 0 saturated carbocycles. The van der Waals surface area contributed by atoms with E-state index in [1.807, 2.05) is 31.2 Å². The number of rotatable bonds is 3. The van der Waals surface area contributed by atoms with E-state index in [0.29, 0.717) is 5.02 Å². The van der Waals surface area contributed by atoms with Crippen LogP contribution < -0.4 is 5.73 Å². The van der Waals surface area contributed by atoms with Crippen LogP contribution in [0.15, 0.2) is 30.5 Å². The van der Waals surface area contributed by atoms with Crippen molar-refractivity contribution in [1.29, 1.82) is 0 Å². The Morgan fingerprint density at radius 1 is 1.50 bits per heavy atom. The van der Waals surface area contributed by atoms with E-state index in [4.69, 9.17) is 17.3 Å². The molecule has 0 radical (unpaired) electrons. The summed E-state index contributed by atoms with van der Waals surface area (Å²) >= 11 is 5.93. The Balaban J connectivity index is 2.31. The third kappa shape index (κ3) is 2.26. The normalized spacial score (nSPS) is 12.7. The molecule has 0 aliphatic heterocycles. The molecule has 3 nitrogen and oxygen atoms in total. The minimum Gasteiger partial charge on any atom is -0.341 e. The molecule has 1 heterocycles. The van der Waals surface area contributed by atoms with Crippen molar-refractivity contribution < 1.29 is 0 Å². The molecule has 0 aliphatic carbocycles. The van der Waals surface area contributed by atoms with Gasteiger partial charge in [-0.25, -0.2) is 4.98 Å². The van der Waals surface area contributed by atoms with Gasteiger partial charge in [0, 0.05) is 10.6 Å². The first-order chi connectivity index (χ1) is 7.70. The number of imidazole rings is 1. The zero-order valence-electron chi connectivity index (χ0n) is 9.07. The molecule has 1 unspecified atom stereocenters. The number of aromatic nitrogens is 2. The summed E-state index contributed by atoms with van der Waals surface area (Å²) in [6, 6.07) is 7.61. The van der Waals surface area contributed by atoms with E-state index in [9.17, 15) is 0 Å². The van der Waals surface area contributed by atoms with Gasteiger partial charge in [-0.3, -0.25) is 0 Å². The fourth-order valence-electron chi connectivity index (χ4n) is 1.52. The Morgan fingerprint density at radius 2 is 2.31 bits per heavy atom. The number of hydrogen-bond donors (Lipinski definition) is 2.